The lowest BCUT2D eigenvalue weighted by Gasteiger charge is -2.13. The Hall–Kier alpha value is -4.12. The number of hydrogen-bond acceptors (Lipinski definition) is 12. The third kappa shape index (κ3) is 14.7. The van der Waals surface area contributed by atoms with Crippen LogP contribution in [0, 0.1) is 37.3 Å². The fourth-order valence-corrected chi connectivity index (χ4v) is 21.5. The number of carbonyl (C=O) groups excluding carboxylic acids is 2. The first-order valence-corrected chi connectivity index (χ1v) is 38.5. The molecule has 0 fully saturated rings. The molecule has 0 bridgehead atoms. The lowest BCUT2D eigenvalue weighted by atomic mass is 9.95. The van der Waals surface area contributed by atoms with Crippen LogP contribution in [0.1, 0.15) is 209 Å². The summed E-state index contributed by atoms with van der Waals surface area (Å²) in [6.45, 7) is 18.5. The molecule has 4 nitrogen and oxygen atoms in total. The van der Waals surface area contributed by atoms with Gasteiger partial charge in [-0.1, -0.05) is 157 Å². The summed E-state index contributed by atoms with van der Waals surface area (Å²) in [5, 5.41) is 4.34. The third-order valence-electron chi connectivity index (χ3n) is 17.0. The summed E-state index contributed by atoms with van der Waals surface area (Å²) in [4.78, 5) is 38.7. The topological polar surface area (TPSA) is 52.6 Å². The van der Waals surface area contributed by atoms with Crippen LogP contribution in [0.2, 0.25) is 0 Å². The number of rotatable bonds is 33. The molecule has 10 rings (SSSR count). The lowest BCUT2D eigenvalue weighted by molar-refractivity contribution is 0.0494. The van der Waals surface area contributed by atoms with Gasteiger partial charge in [-0.3, -0.25) is 0 Å². The van der Waals surface area contributed by atoms with Crippen LogP contribution in [0.3, 0.4) is 0 Å². The Morgan fingerprint density at radius 1 is 0.395 bits per heavy atom. The average molecular weight is 1310 g/mol. The number of hydrogen-bond donors (Lipinski definition) is 0. The van der Waals surface area contributed by atoms with Crippen molar-refractivity contribution in [3.63, 3.8) is 0 Å². The van der Waals surface area contributed by atoms with Crippen molar-refractivity contribution >= 4 is 143 Å². The van der Waals surface area contributed by atoms with Gasteiger partial charge in [0.2, 0.25) is 0 Å². The summed E-state index contributed by atoms with van der Waals surface area (Å²) < 4.78 is 49.5. The van der Waals surface area contributed by atoms with E-state index in [-0.39, 0.29) is 23.6 Å². The van der Waals surface area contributed by atoms with Crippen molar-refractivity contribution in [2.24, 2.45) is 11.8 Å². The maximum Gasteiger partial charge on any atom is 0.348 e. The van der Waals surface area contributed by atoms with Crippen LogP contribution in [0.15, 0.2) is 60.7 Å². The van der Waals surface area contributed by atoms with Gasteiger partial charge in [-0.2, -0.15) is 0 Å². The van der Waals surface area contributed by atoms with E-state index in [0.717, 1.165) is 209 Å². The first-order chi connectivity index (χ1) is 41.9. The van der Waals surface area contributed by atoms with E-state index in [0.29, 0.717) is 34.8 Å². The molecule has 8 heterocycles. The van der Waals surface area contributed by atoms with Crippen LogP contribution in [-0.2, 0) is 22.3 Å². The van der Waals surface area contributed by atoms with Gasteiger partial charge in [-0.25, -0.2) is 18.4 Å². The first kappa shape index (κ1) is 64.9. The summed E-state index contributed by atoms with van der Waals surface area (Å²) in [6, 6.07) is 20.9. The third-order valence-corrected chi connectivity index (χ3v) is 26.1. The highest BCUT2D eigenvalue weighted by Gasteiger charge is 2.29. The maximum atomic E-state index is 16.6. The molecule has 0 aliphatic rings. The zero-order valence-electron chi connectivity index (χ0n) is 51.6. The second-order valence-corrected chi connectivity index (χ2v) is 32.6. The molecule has 10 aromatic rings. The minimum atomic E-state index is -0.285. The summed E-state index contributed by atoms with van der Waals surface area (Å²) in [6.07, 6.45) is 23.6. The van der Waals surface area contributed by atoms with Crippen LogP contribution in [0.5, 0.6) is 0 Å². The SMILES string of the molecule is CCCCCCCCOC(=O)c1ccc(-c2c3cc(-c4cc5c(-c6cc(F)c(CC(CC)CCCC)s6)c6sc(C)cc6c(-c6cc(F)c(CC(CC)CCCC)s6)c5s4)sc3c(-c3ccc(C(=O)OCCCCCCCC)s3)c3cc(C)sc23)s1. The molecule has 2 aromatic carbocycles. The van der Waals surface area contributed by atoms with E-state index in [1.165, 1.54) is 66.1 Å². The molecule has 0 saturated carbocycles. The van der Waals surface area contributed by atoms with E-state index in [4.69, 9.17) is 9.47 Å². The van der Waals surface area contributed by atoms with Gasteiger partial charge >= 0.3 is 11.9 Å². The van der Waals surface area contributed by atoms with Gasteiger partial charge in [-0.05, 0) is 112 Å². The summed E-state index contributed by atoms with van der Waals surface area (Å²) in [5.74, 6) is 0.0162. The first-order valence-electron chi connectivity index (χ1n) is 32.0. The van der Waals surface area contributed by atoms with E-state index in [2.05, 4.69) is 91.8 Å². The number of esters is 2. The van der Waals surface area contributed by atoms with Gasteiger partial charge in [0.25, 0.3) is 0 Å². The van der Waals surface area contributed by atoms with Crippen LogP contribution in [-0.4, -0.2) is 25.2 Å². The minimum Gasteiger partial charge on any atom is -0.462 e. The van der Waals surface area contributed by atoms with Crippen LogP contribution in [0.4, 0.5) is 8.78 Å². The quantitative estimate of drug-likeness (QED) is 0.0304. The van der Waals surface area contributed by atoms with Crippen molar-refractivity contribution in [3.05, 3.63) is 102 Å². The van der Waals surface area contributed by atoms with Gasteiger partial charge in [-0.15, -0.1) is 90.7 Å². The van der Waals surface area contributed by atoms with E-state index >= 15 is 8.78 Å². The average Bonchev–Trinajstić information content (AvgIpc) is 1.64. The summed E-state index contributed by atoms with van der Waals surface area (Å²) in [5.41, 5.74) is 4.29. The van der Waals surface area contributed by atoms with E-state index in [1.54, 1.807) is 80.2 Å². The molecule has 0 spiro atoms. The predicted molar refractivity (Wildman–Crippen MR) is 377 cm³/mol. The molecule has 2 unspecified atom stereocenters. The summed E-state index contributed by atoms with van der Waals surface area (Å²) in [7, 11) is 0. The van der Waals surface area contributed by atoms with Gasteiger partial charge < -0.3 is 9.47 Å². The molecule has 14 heteroatoms. The van der Waals surface area contributed by atoms with Crippen molar-refractivity contribution in [3.8, 4) is 51.5 Å². The van der Waals surface area contributed by atoms with E-state index < -0.39 is 0 Å². The molecule has 0 N–H and O–H groups in total. The van der Waals surface area contributed by atoms with Crippen molar-refractivity contribution < 1.29 is 27.8 Å². The Labute approximate surface area is 541 Å². The second kappa shape index (κ2) is 30.6. The van der Waals surface area contributed by atoms with Crippen LogP contribution >= 0.6 is 90.7 Å². The van der Waals surface area contributed by atoms with Crippen molar-refractivity contribution in [2.75, 3.05) is 13.2 Å². The van der Waals surface area contributed by atoms with Crippen molar-refractivity contribution in [2.45, 2.75) is 197 Å². The molecular formula is C72H84F2O4S8. The Morgan fingerprint density at radius 2 is 0.756 bits per heavy atom. The molecule has 0 amide bonds. The van der Waals surface area contributed by atoms with Gasteiger partial charge in [0, 0.05) is 111 Å². The molecule has 86 heavy (non-hydrogen) atoms. The number of halogens is 2. The van der Waals surface area contributed by atoms with Gasteiger partial charge in [0.1, 0.15) is 21.4 Å². The van der Waals surface area contributed by atoms with Crippen LogP contribution in [0.25, 0.3) is 91.9 Å². The molecule has 0 aliphatic carbocycles. The van der Waals surface area contributed by atoms with Crippen molar-refractivity contribution in [1.82, 2.24) is 0 Å². The minimum absolute atomic E-state index is 0.127. The second-order valence-electron chi connectivity index (χ2n) is 23.5. The molecule has 0 aliphatic heterocycles. The monoisotopic (exact) mass is 1310 g/mol. The number of carbonyl (C=O) groups is 2. The Bertz CT molecular complexity index is 3660. The largest absolute Gasteiger partial charge is 0.462 e. The van der Waals surface area contributed by atoms with Gasteiger partial charge in [0.05, 0.1) is 13.2 Å². The fraction of sp³-hybridized carbons (Fsp3) is 0.472. The number of thiophene rings is 8. The Morgan fingerprint density at radius 3 is 1.15 bits per heavy atom. The van der Waals surface area contributed by atoms with Crippen molar-refractivity contribution in [1.29, 1.82) is 0 Å². The number of ether oxygens (including phenoxy) is 2. The highest BCUT2D eigenvalue weighted by atomic mass is 32.1. The van der Waals surface area contributed by atoms with E-state index in [9.17, 15) is 9.59 Å². The molecule has 458 valence electrons. The number of benzene rings is 2. The molecule has 0 saturated heterocycles. The van der Waals surface area contributed by atoms with Crippen LogP contribution < -0.4 is 0 Å². The number of fused-ring (bicyclic) bond motifs is 4. The zero-order valence-corrected chi connectivity index (χ0v) is 58.1. The fourth-order valence-electron chi connectivity index (χ4n) is 12.2. The molecule has 0 radical (unpaired) electrons. The summed E-state index contributed by atoms with van der Waals surface area (Å²) >= 11 is 13.2. The zero-order chi connectivity index (χ0) is 60.4. The van der Waals surface area contributed by atoms with E-state index in [1.807, 2.05) is 12.1 Å². The smallest absolute Gasteiger partial charge is 0.348 e. The molecular weight excluding hydrogens is 1220 g/mol. The highest BCUT2D eigenvalue weighted by Crippen LogP contribution is 2.57. The Kier molecular flexibility index (Phi) is 23.1. The maximum absolute atomic E-state index is 16.6. The number of unbranched alkanes of at least 4 members (excludes halogenated alkanes) is 12. The predicted octanol–water partition coefficient (Wildman–Crippen LogP) is 26.6. The molecule has 8 aromatic heterocycles. The lowest BCUT2D eigenvalue weighted by Crippen LogP contribution is -2.04. The highest BCUT2D eigenvalue weighted by molar-refractivity contribution is 7.30. The Balaban J connectivity index is 1.14. The normalized spacial score (nSPS) is 12.7. The standard InChI is InChI=1S/C72H84F2O4S8/c1-9-15-19-21-23-25-33-77-71(75)55-31-29-53(81-55)63-47-35-43(7)79-67(47)64(54-30-32-56(82-54)72(76)78-34-26-24-22-20-16-10-2)49-39-59(85-69(49)63)60-40-50-66(62-42-52(74)58(84-62)38-46(14-6)28-18-12-4)68-48(36-44(8)80-68)65(70(50)86-60)61-41-51(73)57(83-61)37-45(13-5)27-17-11-3/h29-32,35-36,39-42,45-46H,9-28,33-34,37-38H2,1-8H3. The number of aryl methyl sites for hydroxylation is 2. The van der Waals surface area contributed by atoms with Gasteiger partial charge in [0.15, 0.2) is 0 Å². The molecule has 2 atom stereocenters.